The molecule has 1 N–H and O–H groups in total. The highest BCUT2D eigenvalue weighted by atomic mass is 79.9. The number of hydrogen-bond acceptors (Lipinski definition) is 6. The Hall–Kier alpha value is -0.920. The van der Waals surface area contributed by atoms with Gasteiger partial charge in [0.25, 0.3) is 0 Å². The predicted octanol–water partition coefficient (Wildman–Crippen LogP) is 2.16. The van der Waals surface area contributed by atoms with Crippen molar-refractivity contribution in [3.8, 4) is 0 Å². The highest BCUT2D eigenvalue weighted by molar-refractivity contribution is 9.10. The Morgan fingerprint density at radius 2 is 1.85 bits per heavy atom. The third-order valence-electron chi connectivity index (χ3n) is 2.74. The molecule has 0 saturated carbocycles. The summed E-state index contributed by atoms with van der Waals surface area (Å²) >= 11 is 3.59. The molecule has 0 spiro atoms. The number of anilines is 2. The predicted molar refractivity (Wildman–Crippen MR) is 84.5 cm³/mol. The van der Waals surface area contributed by atoms with Crippen LogP contribution in [0.15, 0.2) is 10.8 Å². The first-order chi connectivity index (χ1) is 9.74. The highest BCUT2D eigenvalue weighted by Crippen LogP contribution is 2.29. The molecule has 114 valence electrons. The molecule has 0 unspecified atom stereocenters. The fourth-order valence-electron chi connectivity index (χ4n) is 1.67. The van der Waals surface area contributed by atoms with E-state index in [2.05, 4.69) is 43.0 Å². The van der Waals surface area contributed by atoms with Gasteiger partial charge in [-0.25, -0.2) is 9.97 Å². The molecule has 0 bridgehead atoms. The summed E-state index contributed by atoms with van der Waals surface area (Å²) in [5.41, 5.74) is 0. The molecule has 1 aromatic rings. The summed E-state index contributed by atoms with van der Waals surface area (Å²) < 4.78 is 11.2. The molecule has 0 atom stereocenters. The molecule has 1 rings (SSSR count). The van der Waals surface area contributed by atoms with Crippen LogP contribution >= 0.6 is 15.9 Å². The van der Waals surface area contributed by atoms with Gasteiger partial charge < -0.3 is 19.7 Å². The number of nitrogens with one attached hydrogen (secondary N) is 1. The van der Waals surface area contributed by atoms with Crippen LogP contribution in [0.4, 0.5) is 11.6 Å². The minimum Gasteiger partial charge on any atom is -0.383 e. The van der Waals surface area contributed by atoms with Gasteiger partial charge in [-0.1, -0.05) is 6.92 Å². The van der Waals surface area contributed by atoms with Crippen LogP contribution in [0.2, 0.25) is 0 Å². The average molecular weight is 347 g/mol. The second-order valence-electron chi connectivity index (χ2n) is 4.26. The molecule has 0 saturated heterocycles. The SMILES string of the molecule is CCCNc1ncnc(N(CCOC)CCOC)c1Br. The maximum absolute atomic E-state index is 5.15. The van der Waals surface area contributed by atoms with E-state index in [4.69, 9.17) is 9.47 Å². The zero-order valence-electron chi connectivity index (χ0n) is 12.4. The van der Waals surface area contributed by atoms with Crippen molar-refractivity contribution in [3.05, 3.63) is 10.8 Å². The minimum absolute atomic E-state index is 0.637. The van der Waals surface area contributed by atoms with E-state index in [-0.39, 0.29) is 0 Å². The third-order valence-corrected chi connectivity index (χ3v) is 3.47. The van der Waals surface area contributed by atoms with E-state index >= 15 is 0 Å². The quantitative estimate of drug-likeness (QED) is 0.700. The van der Waals surface area contributed by atoms with Gasteiger partial charge in [-0.15, -0.1) is 0 Å². The van der Waals surface area contributed by atoms with E-state index in [0.29, 0.717) is 13.2 Å². The van der Waals surface area contributed by atoms with E-state index in [0.717, 1.165) is 42.2 Å². The smallest absolute Gasteiger partial charge is 0.148 e. The average Bonchev–Trinajstić information content (AvgIpc) is 2.47. The van der Waals surface area contributed by atoms with Crippen molar-refractivity contribution >= 4 is 27.6 Å². The fraction of sp³-hybridized carbons (Fsp3) is 0.692. The first-order valence-electron chi connectivity index (χ1n) is 6.71. The fourth-order valence-corrected chi connectivity index (χ4v) is 2.27. The lowest BCUT2D eigenvalue weighted by Crippen LogP contribution is -2.32. The third kappa shape index (κ3) is 5.22. The monoisotopic (exact) mass is 346 g/mol. The molecule has 0 aromatic carbocycles. The van der Waals surface area contributed by atoms with Crippen LogP contribution < -0.4 is 10.2 Å². The molecule has 0 radical (unpaired) electrons. The molecule has 0 aliphatic carbocycles. The lowest BCUT2D eigenvalue weighted by atomic mass is 10.4. The number of nitrogens with zero attached hydrogens (tertiary/aromatic N) is 3. The lowest BCUT2D eigenvalue weighted by molar-refractivity contribution is 0.190. The maximum atomic E-state index is 5.15. The molecule has 0 aliphatic heterocycles. The molecule has 1 heterocycles. The molecule has 1 aromatic heterocycles. The van der Waals surface area contributed by atoms with Crippen molar-refractivity contribution in [1.82, 2.24) is 9.97 Å². The topological polar surface area (TPSA) is 59.5 Å². The number of hydrogen-bond donors (Lipinski definition) is 1. The van der Waals surface area contributed by atoms with Crippen LogP contribution in [0.25, 0.3) is 0 Å². The van der Waals surface area contributed by atoms with Crippen molar-refractivity contribution in [2.75, 3.05) is 57.3 Å². The summed E-state index contributed by atoms with van der Waals surface area (Å²) in [6.45, 7) is 5.78. The summed E-state index contributed by atoms with van der Waals surface area (Å²) in [6.07, 6.45) is 2.62. The van der Waals surface area contributed by atoms with E-state index in [1.54, 1.807) is 20.5 Å². The van der Waals surface area contributed by atoms with Gasteiger partial charge in [0.1, 0.15) is 22.4 Å². The van der Waals surface area contributed by atoms with E-state index in [1.807, 2.05) is 0 Å². The summed E-state index contributed by atoms with van der Waals surface area (Å²) in [7, 11) is 3.38. The Bertz CT molecular complexity index is 385. The molecular formula is C13H23BrN4O2. The number of aromatic nitrogens is 2. The van der Waals surface area contributed by atoms with Gasteiger partial charge in [0.2, 0.25) is 0 Å². The van der Waals surface area contributed by atoms with Crippen LogP contribution in [0, 0.1) is 0 Å². The molecule has 6 nitrogen and oxygen atoms in total. The minimum atomic E-state index is 0.637. The molecule has 7 heteroatoms. The van der Waals surface area contributed by atoms with Crippen molar-refractivity contribution < 1.29 is 9.47 Å². The summed E-state index contributed by atoms with van der Waals surface area (Å²) in [5.74, 6) is 1.67. The van der Waals surface area contributed by atoms with Crippen molar-refractivity contribution in [3.63, 3.8) is 0 Å². The second kappa shape index (κ2) is 9.90. The van der Waals surface area contributed by atoms with Gasteiger partial charge >= 0.3 is 0 Å². The zero-order valence-corrected chi connectivity index (χ0v) is 13.9. The van der Waals surface area contributed by atoms with Crippen molar-refractivity contribution in [1.29, 1.82) is 0 Å². The number of halogens is 1. The molecule has 0 aliphatic rings. The van der Waals surface area contributed by atoms with Crippen LogP contribution in [0.1, 0.15) is 13.3 Å². The Kier molecular flexibility index (Phi) is 8.48. The molecule has 0 fully saturated rings. The van der Waals surface area contributed by atoms with Gasteiger partial charge in [0, 0.05) is 33.9 Å². The van der Waals surface area contributed by atoms with E-state index in [9.17, 15) is 0 Å². The van der Waals surface area contributed by atoms with Crippen LogP contribution in [-0.4, -0.2) is 57.0 Å². The maximum Gasteiger partial charge on any atom is 0.148 e. The van der Waals surface area contributed by atoms with Crippen molar-refractivity contribution in [2.24, 2.45) is 0 Å². The highest BCUT2D eigenvalue weighted by Gasteiger charge is 2.15. The Balaban J connectivity index is 2.87. The van der Waals surface area contributed by atoms with Gasteiger partial charge in [-0.2, -0.15) is 0 Å². The lowest BCUT2D eigenvalue weighted by Gasteiger charge is -2.24. The number of rotatable bonds is 10. The summed E-state index contributed by atoms with van der Waals surface area (Å²) in [5, 5.41) is 3.28. The first kappa shape index (κ1) is 17.1. The first-order valence-corrected chi connectivity index (χ1v) is 7.51. The Labute approximate surface area is 129 Å². The molecular weight excluding hydrogens is 324 g/mol. The molecule has 0 amide bonds. The summed E-state index contributed by atoms with van der Waals surface area (Å²) in [4.78, 5) is 10.8. The van der Waals surface area contributed by atoms with Gasteiger partial charge in [-0.05, 0) is 22.4 Å². The standard InChI is InChI=1S/C13H23BrN4O2/c1-4-5-15-12-11(14)13(17-10-16-12)18(6-8-19-2)7-9-20-3/h10H,4-9H2,1-3H3,(H,15,16,17). The number of ether oxygens (including phenoxy) is 2. The van der Waals surface area contributed by atoms with Crippen molar-refractivity contribution in [2.45, 2.75) is 13.3 Å². The summed E-state index contributed by atoms with van der Waals surface area (Å²) in [6, 6.07) is 0. The van der Waals surface area contributed by atoms with Crippen LogP contribution in [0.3, 0.4) is 0 Å². The number of methoxy groups -OCH3 is 2. The zero-order chi connectivity index (χ0) is 14.8. The normalized spacial score (nSPS) is 10.6. The molecule has 20 heavy (non-hydrogen) atoms. The van der Waals surface area contributed by atoms with Gasteiger partial charge in [0.15, 0.2) is 0 Å². The van der Waals surface area contributed by atoms with Gasteiger partial charge in [-0.3, -0.25) is 0 Å². The Morgan fingerprint density at radius 1 is 1.20 bits per heavy atom. The largest absolute Gasteiger partial charge is 0.383 e. The Morgan fingerprint density at radius 3 is 2.40 bits per heavy atom. The van der Waals surface area contributed by atoms with Crippen LogP contribution in [-0.2, 0) is 9.47 Å². The van der Waals surface area contributed by atoms with Gasteiger partial charge in [0.05, 0.1) is 13.2 Å². The van der Waals surface area contributed by atoms with Crippen LogP contribution in [0.5, 0.6) is 0 Å². The van der Waals surface area contributed by atoms with E-state index < -0.39 is 0 Å². The second-order valence-corrected chi connectivity index (χ2v) is 5.05. The van der Waals surface area contributed by atoms with E-state index in [1.165, 1.54) is 0 Å².